The van der Waals surface area contributed by atoms with Crippen molar-refractivity contribution in [3.63, 3.8) is 0 Å². The van der Waals surface area contributed by atoms with Crippen LogP contribution in [0.4, 0.5) is 4.79 Å². The topological polar surface area (TPSA) is 95.9 Å². The first kappa shape index (κ1) is 15.7. The Hall–Kier alpha value is -1.30. The van der Waals surface area contributed by atoms with E-state index < -0.39 is 36.2 Å². The zero-order valence-electron chi connectivity index (χ0n) is 10.7. The number of aliphatic carboxylic acids is 1. The molecule has 0 aliphatic rings. The predicted octanol–water partition coefficient (Wildman–Crippen LogP) is 0.983. The standard InChI is InChI=1S/C11H21NO5/c1-5-8(7(6-13)9(14)15)12-10(16)17-11(2,3)4/h7-8,13H,5-6H2,1-4H3,(H,12,16)(H,14,15)/t7-,8?/m0/s1. The van der Waals surface area contributed by atoms with Crippen LogP contribution in [0.25, 0.3) is 0 Å². The van der Waals surface area contributed by atoms with Gasteiger partial charge in [-0.15, -0.1) is 0 Å². The van der Waals surface area contributed by atoms with E-state index >= 15 is 0 Å². The van der Waals surface area contributed by atoms with Crippen LogP contribution in [0, 0.1) is 5.92 Å². The van der Waals surface area contributed by atoms with Crippen molar-refractivity contribution in [1.29, 1.82) is 0 Å². The molecule has 3 N–H and O–H groups in total. The summed E-state index contributed by atoms with van der Waals surface area (Å²) in [6.45, 7) is 6.36. The minimum absolute atomic E-state index is 0.400. The summed E-state index contributed by atoms with van der Waals surface area (Å²) in [6.07, 6.45) is -0.277. The molecule has 0 spiro atoms. The Morgan fingerprint density at radius 2 is 1.88 bits per heavy atom. The SMILES string of the molecule is CCC(NC(=O)OC(C)(C)C)[C@H](CO)C(=O)O. The summed E-state index contributed by atoms with van der Waals surface area (Å²) in [5.41, 5.74) is -0.639. The van der Waals surface area contributed by atoms with E-state index in [2.05, 4.69) is 5.32 Å². The number of carboxylic acid groups (broad SMARTS) is 1. The first-order chi connectivity index (χ1) is 7.71. The Bertz CT molecular complexity index is 272. The fraction of sp³-hybridized carbons (Fsp3) is 0.818. The monoisotopic (exact) mass is 247 g/mol. The van der Waals surface area contributed by atoms with Gasteiger partial charge in [0, 0.05) is 6.04 Å². The van der Waals surface area contributed by atoms with Gasteiger partial charge in [-0.25, -0.2) is 4.79 Å². The van der Waals surface area contributed by atoms with E-state index in [1.54, 1.807) is 27.7 Å². The van der Waals surface area contributed by atoms with Crippen LogP contribution in [0.15, 0.2) is 0 Å². The first-order valence-corrected chi connectivity index (χ1v) is 5.54. The quantitative estimate of drug-likeness (QED) is 0.673. The van der Waals surface area contributed by atoms with Crippen LogP contribution in [-0.4, -0.2) is 40.5 Å². The fourth-order valence-corrected chi connectivity index (χ4v) is 1.32. The lowest BCUT2D eigenvalue weighted by Crippen LogP contribution is -2.46. The van der Waals surface area contributed by atoms with E-state index in [0.29, 0.717) is 6.42 Å². The van der Waals surface area contributed by atoms with E-state index in [9.17, 15) is 9.59 Å². The molecule has 0 fully saturated rings. The molecular weight excluding hydrogens is 226 g/mol. The van der Waals surface area contributed by atoms with Crippen LogP contribution in [0.5, 0.6) is 0 Å². The number of nitrogens with one attached hydrogen (secondary N) is 1. The number of carbonyl (C=O) groups is 2. The van der Waals surface area contributed by atoms with Crippen molar-refractivity contribution in [2.45, 2.75) is 45.8 Å². The summed E-state index contributed by atoms with van der Waals surface area (Å²) in [5, 5.41) is 20.3. The van der Waals surface area contributed by atoms with Gasteiger partial charge in [-0.2, -0.15) is 0 Å². The van der Waals surface area contributed by atoms with Gasteiger partial charge in [0.15, 0.2) is 0 Å². The largest absolute Gasteiger partial charge is 0.481 e. The molecule has 0 aliphatic heterocycles. The lowest BCUT2D eigenvalue weighted by Gasteiger charge is -2.25. The van der Waals surface area contributed by atoms with Gasteiger partial charge in [0.1, 0.15) is 5.60 Å². The van der Waals surface area contributed by atoms with Crippen molar-refractivity contribution in [3.8, 4) is 0 Å². The molecule has 0 bridgehead atoms. The van der Waals surface area contributed by atoms with Gasteiger partial charge in [-0.3, -0.25) is 4.79 Å². The molecule has 0 aromatic heterocycles. The predicted molar refractivity (Wildman–Crippen MR) is 61.7 cm³/mol. The molecule has 100 valence electrons. The smallest absolute Gasteiger partial charge is 0.407 e. The third-order valence-electron chi connectivity index (χ3n) is 2.14. The molecule has 0 radical (unpaired) electrons. The van der Waals surface area contributed by atoms with E-state index in [-0.39, 0.29) is 0 Å². The van der Waals surface area contributed by atoms with E-state index in [0.717, 1.165) is 0 Å². The average Bonchev–Trinajstić information content (AvgIpc) is 2.13. The maximum atomic E-state index is 11.5. The van der Waals surface area contributed by atoms with Gasteiger partial charge in [-0.05, 0) is 27.2 Å². The summed E-state index contributed by atoms with van der Waals surface area (Å²) in [5.74, 6) is -2.16. The van der Waals surface area contributed by atoms with Gasteiger partial charge in [0.05, 0.1) is 12.5 Å². The van der Waals surface area contributed by atoms with Crippen LogP contribution < -0.4 is 5.32 Å². The van der Waals surface area contributed by atoms with Crippen molar-refractivity contribution in [2.24, 2.45) is 5.92 Å². The molecular formula is C11H21NO5. The minimum Gasteiger partial charge on any atom is -0.481 e. The second kappa shape index (κ2) is 6.44. The summed E-state index contributed by atoms with van der Waals surface area (Å²) < 4.78 is 5.02. The maximum Gasteiger partial charge on any atom is 0.407 e. The van der Waals surface area contributed by atoms with Crippen molar-refractivity contribution >= 4 is 12.1 Å². The molecule has 17 heavy (non-hydrogen) atoms. The maximum absolute atomic E-state index is 11.5. The minimum atomic E-state index is -1.14. The second-order valence-corrected chi connectivity index (χ2v) is 4.79. The highest BCUT2D eigenvalue weighted by molar-refractivity contribution is 5.73. The molecule has 2 atom stereocenters. The van der Waals surface area contributed by atoms with E-state index in [4.69, 9.17) is 14.9 Å². The molecule has 0 saturated carbocycles. The molecule has 0 saturated heterocycles. The summed E-state index contributed by atoms with van der Waals surface area (Å²) >= 11 is 0. The Kier molecular flexibility index (Phi) is 5.95. The average molecular weight is 247 g/mol. The number of amides is 1. The molecule has 0 aromatic carbocycles. The molecule has 6 heteroatoms. The highest BCUT2D eigenvalue weighted by Crippen LogP contribution is 2.11. The number of hydrogen-bond acceptors (Lipinski definition) is 4. The summed E-state index contributed by atoms with van der Waals surface area (Å²) in [4.78, 5) is 22.3. The van der Waals surface area contributed by atoms with Crippen molar-refractivity contribution < 1.29 is 24.5 Å². The zero-order chi connectivity index (χ0) is 13.6. The molecule has 0 aliphatic carbocycles. The number of carbonyl (C=O) groups excluding carboxylic acids is 1. The molecule has 0 rings (SSSR count). The number of aliphatic hydroxyl groups excluding tert-OH is 1. The second-order valence-electron chi connectivity index (χ2n) is 4.79. The van der Waals surface area contributed by atoms with Crippen molar-refractivity contribution in [1.82, 2.24) is 5.32 Å². The third-order valence-corrected chi connectivity index (χ3v) is 2.14. The fourth-order valence-electron chi connectivity index (χ4n) is 1.32. The first-order valence-electron chi connectivity index (χ1n) is 5.54. The van der Waals surface area contributed by atoms with Crippen LogP contribution in [-0.2, 0) is 9.53 Å². The van der Waals surface area contributed by atoms with Crippen molar-refractivity contribution in [2.75, 3.05) is 6.61 Å². The van der Waals surface area contributed by atoms with Crippen LogP contribution in [0.1, 0.15) is 34.1 Å². The lowest BCUT2D eigenvalue weighted by molar-refractivity contribution is -0.144. The van der Waals surface area contributed by atoms with Gasteiger partial charge >= 0.3 is 12.1 Å². The highest BCUT2D eigenvalue weighted by atomic mass is 16.6. The van der Waals surface area contributed by atoms with Crippen LogP contribution in [0.2, 0.25) is 0 Å². The van der Waals surface area contributed by atoms with Gasteiger partial charge in [0.2, 0.25) is 0 Å². The Labute approximate surface area is 101 Å². The molecule has 1 amide bonds. The van der Waals surface area contributed by atoms with E-state index in [1.807, 2.05) is 0 Å². The number of aliphatic hydroxyl groups is 1. The molecule has 1 unspecified atom stereocenters. The molecule has 6 nitrogen and oxygen atoms in total. The van der Waals surface area contributed by atoms with Gasteiger partial charge < -0.3 is 20.3 Å². The van der Waals surface area contributed by atoms with Crippen molar-refractivity contribution in [3.05, 3.63) is 0 Å². The number of carboxylic acids is 1. The Morgan fingerprint density at radius 1 is 1.35 bits per heavy atom. The molecule has 0 aromatic rings. The third kappa shape index (κ3) is 6.11. The van der Waals surface area contributed by atoms with E-state index in [1.165, 1.54) is 0 Å². The molecule has 0 heterocycles. The normalized spacial score (nSPS) is 14.9. The number of hydrogen-bond donors (Lipinski definition) is 3. The van der Waals surface area contributed by atoms with Gasteiger partial charge in [0.25, 0.3) is 0 Å². The Morgan fingerprint density at radius 3 is 2.18 bits per heavy atom. The summed E-state index contributed by atoms with van der Waals surface area (Å²) in [7, 11) is 0. The van der Waals surface area contributed by atoms with Crippen LogP contribution >= 0.6 is 0 Å². The van der Waals surface area contributed by atoms with Gasteiger partial charge in [-0.1, -0.05) is 6.92 Å². The lowest BCUT2D eigenvalue weighted by atomic mass is 9.99. The zero-order valence-corrected chi connectivity index (χ0v) is 10.7. The number of rotatable bonds is 5. The number of alkyl carbamates (subject to hydrolysis) is 1. The highest BCUT2D eigenvalue weighted by Gasteiger charge is 2.29. The summed E-state index contributed by atoms with van der Waals surface area (Å²) in [6, 6.07) is -0.646. The Balaban J connectivity index is 4.49. The van der Waals surface area contributed by atoms with Crippen LogP contribution in [0.3, 0.4) is 0 Å². The number of ether oxygens (including phenoxy) is 1.